The van der Waals surface area contributed by atoms with Gasteiger partial charge in [0, 0.05) is 22.3 Å². The first-order chi connectivity index (χ1) is 13.0. The van der Waals surface area contributed by atoms with E-state index in [1.807, 2.05) is 30.0 Å². The van der Waals surface area contributed by atoms with Gasteiger partial charge in [-0.3, -0.25) is 9.59 Å². The fourth-order valence-corrected chi connectivity index (χ4v) is 3.67. The fraction of sp³-hybridized carbons (Fsp3) is 0.300. The number of fused-ring (bicyclic) bond motifs is 1. The minimum absolute atomic E-state index is 0.0968. The monoisotopic (exact) mass is 433 g/mol. The van der Waals surface area contributed by atoms with Crippen LogP contribution in [0, 0.1) is 12.7 Å². The molecule has 0 atom stereocenters. The second kappa shape index (κ2) is 8.52. The molecule has 0 fully saturated rings. The van der Waals surface area contributed by atoms with Gasteiger partial charge in [-0.2, -0.15) is 0 Å². The Hall–Kier alpha value is -2.41. The lowest BCUT2D eigenvalue weighted by Gasteiger charge is -2.32. The van der Waals surface area contributed by atoms with E-state index in [1.165, 1.54) is 6.07 Å². The van der Waals surface area contributed by atoms with Crippen molar-refractivity contribution in [3.05, 3.63) is 57.8 Å². The largest absolute Gasteiger partial charge is 0.362 e. The van der Waals surface area contributed by atoms with E-state index in [1.54, 1.807) is 12.1 Å². The van der Waals surface area contributed by atoms with Crippen molar-refractivity contribution in [1.29, 1.82) is 0 Å². The number of rotatable bonds is 5. The zero-order valence-electron chi connectivity index (χ0n) is 15.0. The van der Waals surface area contributed by atoms with Crippen molar-refractivity contribution >= 4 is 39.1 Å². The molecule has 0 radical (unpaired) electrons. The van der Waals surface area contributed by atoms with Crippen LogP contribution in [0.2, 0.25) is 0 Å². The first-order valence-corrected chi connectivity index (χ1v) is 9.59. The number of hydrogen-bond donors (Lipinski definition) is 2. The van der Waals surface area contributed by atoms with Gasteiger partial charge in [-0.15, -0.1) is 0 Å². The molecule has 0 aliphatic carbocycles. The Morgan fingerprint density at radius 3 is 2.74 bits per heavy atom. The van der Waals surface area contributed by atoms with Crippen LogP contribution in [0.5, 0.6) is 0 Å². The molecular weight excluding hydrogens is 413 g/mol. The first kappa shape index (κ1) is 19.4. The van der Waals surface area contributed by atoms with Crippen molar-refractivity contribution in [1.82, 2.24) is 5.32 Å². The van der Waals surface area contributed by atoms with Crippen molar-refractivity contribution in [2.45, 2.75) is 19.8 Å². The van der Waals surface area contributed by atoms with Gasteiger partial charge >= 0.3 is 0 Å². The molecule has 142 valence electrons. The van der Waals surface area contributed by atoms with Gasteiger partial charge in [0.05, 0.1) is 18.8 Å². The molecule has 0 bridgehead atoms. The Bertz CT molecular complexity index is 872. The zero-order valence-corrected chi connectivity index (χ0v) is 16.6. The number of para-hydroxylation sites is 1. The maximum Gasteiger partial charge on any atom is 0.243 e. The van der Waals surface area contributed by atoms with E-state index in [9.17, 15) is 14.0 Å². The molecule has 3 rings (SSSR count). The maximum atomic E-state index is 14.1. The van der Waals surface area contributed by atoms with Gasteiger partial charge in [0.15, 0.2) is 0 Å². The Kier molecular flexibility index (Phi) is 6.11. The van der Waals surface area contributed by atoms with Crippen LogP contribution in [0.3, 0.4) is 0 Å². The highest BCUT2D eigenvalue weighted by atomic mass is 79.9. The maximum absolute atomic E-state index is 14.1. The Balaban J connectivity index is 1.57. The third kappa shape index (κ3) is 4.66. The standard InChI is InChI=1S/C20H21BrFN3O2/c1-13-8-9-16(22)14-5-4-10-25(20(13)14)12-19(27)23-11-18(26)24-17-7-3-2-6-15(17)21/h2-3,6-9H,4-5,10-12H2,1H3,(H,23,27)(H,24,26). The minimum Gasteiger partial charge on any atom is -0.362 e. The van der Waals surface area contributed by atoms with Gasteiger partial charge in [-0.25, -0.2) is 4.39 Å². The second-order valence-corrected chi connectivity index (χ2v) is 7.38. The third-order valence-electron chi connectivity index (χ3n) is 4.53. The number of halogens is 2. The summed E-state index contributed by atoms with van der Waals surface area (Å²) in [6, 6.07) is 10.5. The Morgan fingerprint density at radius 2 is 1.96 bits per heavy atom. The predicted octanol–water partition coefficient (Wildman–Crippen LogP) is 3.40. The smallest absolute Gasteiger partial charge is 0.243 e. The highest BCUT2D eigenvalue weighted by Gasteiger charge is 2.23. The molecule has 2 aromatic carbocycles. The summed E-state index contributed by atoms with van der Waals surface area (Å²) in [6.07, 6.45) is 1.47. The summed E-state index contributed by atoms with van der Waals surface area (Å²) in [4.78, 5) is 26.2. The minimum atomic E-state index is -0.309. The van der Waals surface area contributed by atoms with Crippen LogP contribution >= 0.6 is 15.9 Å². The molecule has 0 spiro atoms. The Labute approximate surface area is 166 Å². The lowest BCUT2D eigenvalue weighted by Crippen LogP contribution is -2.42. The molecule has 27 heavy (non-hydrogen) atoms. The molecule has 2 aromatic rings. The molecule has 0 unspecified atom stereocenters. The number of amides is 2. The molecule has 1 heterocycles. The molecule has 1 aliphatic rings. The van der Waals surface area contributed by atoms with E-state index in [2.05, 4.69) is 26.6 Å². The number of carbonyl (C=O) groups is 2. The van der Waals surface area contributed by atoms with E-state index in [4.69, 9.17) is 0 Å². The van der Waals surface area contributed by atoms with Crippen LogP contribution < -0.4 is 15.5 Å². The summed E-state index contributed by atoms with van der Waals surface area (Å²) < 4.78 is 14.8. The van der Waals surface area contributed by atoms with Gasteiger partial charge in [0.1, 0.15) is 5.82 Å². The third-order valence-corrected chi connectivity index (χ3v) is 5.22. The first-order valence-electron chi connectivity index (χ1n) is 8.79. The lowest BCUT2D eigenvalue weighted by atomic mass is 9.97. The van der Waals surface area contributed by atoms with E-state index in [0.717, 1.165) is 22.1 Å². The molecule has 2 N–H and O–H groups in total. The van der Waals surface area contributed by atoms with E-state index in [-0.39, 0.29) is 30.7 Å². The molecular formula is C20H21BrFN3O2. The van der Waals surface area contributed by atoms with E-state index in [0.29, 0.717) is 24.2 Å². The molecule has 1 aliphatic heterocycles. The Morgan fingerprint density at radius 1 is 1.19 bits per heavy atom. The van der Waals surface area contributed by atoms with Gasteiger partial charge in [0.2, 0.25) is 11.8 Å². The number of nitrogens with zero attached hydrogens (tertiary/aromatic N) is 1. The van der Waals surface area contributed by atoms with Gasteiger partial charge in [-0.05, 0) is 59.5 Å². The molecule has 5 nitrogen and oxygen atoms in total. The van der Waals surface area contributed by atoms with Crippen molar-refractivity contribution < 1.29 is 14.0 Å². The number of benzene rings is 2. The summed E-state index contributed by atoms with van der Waals surface area (Å²) in [5, 5.41) is 5.37. The quantitative estimate of drug-likeness (QED) is 0.759. The topological polar surface area (TPSA) is 61.4 Å². The summed E-state index contributed by atoms with van der Waals surface area (Å²) in [7, 11) is 0. The number of anilines is 2. The second-order valence-electron chi connectivity index (χ2n) is 6.52. The van der Waals surface area contributed by atoms with Gasteiger partial charge < -0.3 is 15.5 Å². The van der Waals surface area contributed by atoms with Crippen molar-refractivity contribution in [3.63, 3.8) is 0 Å². The van der Waals surface area contributed by atoms with Crippen LogP contribution in [0.15, 0.2) is 40.9 Å². The molecule has 0 aromatic heterocycles. The van der Waals surface area contributed by atoms with Crippen molar-refractivity contribution in [2.75, 3.05) is 29.9 Å². The summed E-state index contributed by atoms with van der Waals surface area (Å²) >= 11 is 3.36. The number of hydrogen-bond acceptors (Lipinski definition) is 3. The van der Waals surface area contributed by atoms with Gasteiger partial charge in [0.25, 0.3) is 0 Å². The number of carbonyl (C=O) groups excluding carboxylic acids is 2. The summed E-state index contributed by atoms with van der Waals surface area (Å²) in [6.45, 7) is 2.58. The fourth-order valence-electron chi connectivity index (χ4n) is 3.29. The average Bonchev–Trinajstić information content (AvgIpc) is 2.65. The zero-order chi connectivity index (χ0) is 19.4. The molecule has 7 heteroatoms. The van der Waals surface area contributed by atoms with Crippen LogP contribution in [0.1, 0.15) is 17.5 Å². The van der Waals surface area contributed by atoms with Crippen LogP contribution in [0.4, 0.5) is 15.8 Å². The molecule has 0 saturated carbocycles. The highest BCUT2D eigenvalue weighted by molar-refractivity contribution is 9.10. The van der Waals surface area contributed by atoms with E-state index < -0.39 is 0 Å². The van der Waals surface area contributed by atoms with Crippen molar-refractivity contribution in [2.24, 2.45) is 0 Å². The van der Waals surface area contributed by atoms with Crippen LogP contribution in [0.25, 0.3) is 0 Å². The SMILES string of the molecule is Cc1ccc(F)c2c1N(CC(=O)NCC(=O)Nc1ccccc1Br)CCC2. The number of aryl methyl sites for hydroxylation is 1. The average molecular weight is 434 g/mol. The van der Waals surface area contributed by atoms with Crippen LogP contribution in [-0.2, 0) is 16.0 Å². The van der Waals surface area contributed by atoms with Crippen molar-refractivity contribution in [3.8, 4) is 0 Å². The normalized spacial score (nSPS) is 13.1. The number of nitrogens with one attached hydrogen (secondary N) is 2. The lowest BCUT2D eigenvalue weighted by molar-refractivity contribution is -0.123. The predicted molar refractivity (Wildman–Crippen MR) is 107 cm³/mol. The summed E-state index contributed by atoms with van der Waals surface area (Å²) in [5.41, 5.74) is 3.06. The molecule has 2 amide bonds. The van der Waals surface area contributed by atoms with Crippen LogP contribution in [-0.4, -0.2) is 31.4 Å². The highest BCUT2D eigenvalue weighted by Crippen LogP contribution is 2.32. The molecule has 0 saturated heterocycles. The summed E-state index contributed by atoms with van der Waals surface area (Å²) in [5.74, 6) is -0.807. The van der Waals surface area contributed by atoms with Gasteiger partial charge in [-0.1, -0.05) is 18.2 Å². The van der Waals surface area contributed by atoms with E-state index >= 15 is 0 Å².